The number of aromatic nitrogens is 1. The second-order valence-corrected chi connectivity index (χ2v) is 9.55. The molecule has 0 N–H and O–H groups in total. The summed E-state index contributed by atoms with van der Waals surface area (Å²) in [4.78, 5) is 4.88. The van der Waals surface area contributed by atoms with Crippen LogP contribution < -0.4 is 0 Å². The predicted octanol–water partition coefficient (Wildman–Crippen LogP) is 9.12. The second kappa shape index (κ2) is 12.9. The van der Waals surface area contributed by atoms with Crippen LogP contribution in [-0.4, -0.2) is 4.98 Å². The van der Waals surface area contributed by atoms with Crippen LogP contribution in [0.4, 0.5) is 0 Å². The lowest BCUT2D eigenvalue weighted by Gasteiger charge is -2.28. The molecule has 1 heterocycles. The summed E-state index contributed by atoms with van der Waals surface area (Å²) in [5.41, 5.74) is 5.33. The van der Waals surface area contributed by atoms with Crippen molar-refractivity contribution in [3.8, 4) is 11.1 Å². The fraction of sp³-hybridized carbons (Fsp3) is 0.621. The molecule has 1 heteroatoms. The first-order chi connectivity index (χ1) is 14.8. The Morgan fingerprint density at radius 1 is 0.700 bits per heavy atom. The van der Waals surface area contributed by atoms with Crippen molar-refractivity contribution in [1.29, 1.82) is 0 Å². The van der Waals surface area contributed by atoms with E-state index >= 15 is 0 Å². The van der Waals surface area contributed by atoms with Crippen LogP contribution in [0.3, 0.4) is 0 Å². The monoisotopic (exact) mass is 405 g/mol. The number of aryl methyl sites for hydroxylation is 1. The molecular weight excluding hydrogens is 362 g/mol. The number of benzene rings is 1. The molecule has 1 saturated carbocycles. The third kappa shape index (κ3) is 7.25. The van der Waals surface area contributed by atoms with Crippen LogP contribution in [0.5, 0.6) is 0 Å². The van der Waals surface area contributed by atoms with Gasteiger partial charge in [0.1, 0.15) is 0 Å². The van der Waals surface area contributed by atoms with Gasteiger partial charge in [-0.15, -0.1) is 0 Å². The summed E-state index contributed by atoms with van der Waals surface area (Å²) in [7, 11) is 0. The predicted molar refractivity (Wildman–Crippen MR) is 131 cm³/mol. The average Bonchev–Trinajstić information content (AvgIpc) is 2.80. The molecule has 0 bridgehead atoms. The topological polar surface area (TPSA) is 12.9 Å². The van der Waals surface area contributed by atoms with Crippen LogP contribution in [0, 0.1) is 5.92 Å². The van der Waals surface area contributed by atoms with Crippen molar-refractivity contribution in [2.24, 2.45) is 5.92 Å². The zero-order chi connectivity index (χ0) is 21.0. The number of hydrogen-bond acceptors (Lipinski definition) is 1. The largest absolute Gasteiger partial charge is 0.260 e. The summed E-state index contributed by atoms with van der Waals surface area (Å²) >= 11 is 0. The van der Waals surface area contributed by atoms with E-state index < -0.39 is 0 Å². The Labute approximate surface area is 185 Å². The van der Waals surface area contributed by atoms with E-state index in [1.54, 1.807) is 0 Å². The maximum Gasteiger partial charge on any atom is 0.0434 e. The molecule has 1 aromatic carbocycles. The molecule has 30 heavy (non-hydrogen) atoms. The Kier molecular flexibility index (Phi) is 9.93. The van der Waals surface area contributed by atoms with Crippen LogP contribution in [0.1, 0.15) is 114 Å². The van der Waals surface area contributed by atoms with Gasteiger partial charge in [-0.3, -0.25) is 4.98 Å². The molecule has 0 spiro atoms. The van der Waals surface area contributed by atoms with Crippen molar-refractivity contribution < 1.29 is 0 Å². The zero-order valence-electron chi connectivity index (χ0n) is 19.5. The molecule has 0 unspecified atom stereocenters. The molecule has 0 amide bonds. The van der Waals surface area contributed by atoms with Gasteiger partial charge in [0.25, 0.3) is 0 Å². The average molecular weight is 406 g/mol. The molecule has 2 aromatic rings. The van der Waals surface area contributed by atoms with E-state index in [1.807, 2.05) is 0 Å². The summed E-state index contributed by atoms with van der Waals surface area (Å²) in [6.07, 6.45) is 21.1. The molecule has 1 aliphatic rings. The highest BCUT2D eigenvalue weighted by atomic mass is 14.7. The molecule has 164 valence electrons. The molecule has 1 fully saturated rings. The second-order valence-electron chi connectivity index (χ2n) is 9.55. The van der Waals surface area contributed by atoms with Gasteiger partial charge in [-0.2, -0.15) is 0 Å². The number of hydrogen-bond donors (Lipinski definition) is 0. The third-order valence-corrected chi connectivity index (χ3v) is 7.12. The van der Waals surface area contributed by atoms with Crippen molar-refractivity contribution in [2.75, 3.05) is 0 Å². The Bertz CT molecular complexity index is 692. The van der Waals surface area contributed by atoms with Gasteiger partial charge in [-0.1, -0.05) is 95.5 Å². The van der Waals surface area contributed by atoms with Crippen molar-refractivity contribution in [1.82, 2.24) is 4.98 Å². The summed E-state index contributed by atoms with van der Waals surface area (Å²) in [5.74, 6) is 1.65. The van der Waals surface area contributed by atoms with Gasteiger partial charge >= 0.3 is 0 Å². The number of nitrogens with zero attached hydrogens (tertiary/aromatic N) is 1. The molecule has 1 nitrogen and oxygen atoms in total. The van der Waals surface area contributed by atoms with Crippen LogP contribution >= 0.6 is 0 Å². The first kappa shape index (κ1) is 23.0. The molecule has 1 aromatic heterocycles. The van der Waals surface area contributed by atoms with Gasteiger partial charge < -0.3 is 0 Å². The summed E-state index contributed by atoms with van der Waals surface area (Å²) in [5, 5.41) is 0. The van der Waals surface area contributed by atoms with Crippen molar-refractivity contribution in [3.05, 3.63) is 53.9 Å². The lowest BCUT2D eigenvalue weighted by atomic mass is 9.78. The fourth-order valence-corrected chi connectivity index (χ4v) is 5.04. The quantitative estimate of drug-likeness (QED) is 0.321. The maximum atomic E-state index is 4.88. The molecule has 0 radical (unpaired) electrons. The fourth-order valence-electron chi connectivity index (χ4n) is 5.04. The normalized spacial score (nSPS) is 19.1. The standard InChI is InChI=1S/C29H43N/c1-3-5-7-8-10-12-25-13-17-26(18-14-25)28-21-22-29(30-23-28)27-19-15-24(16-20-27)11-9-6-4-2/h13-14,17-18,21-24,27H,3-12,15-16,19-20H2,1-2H3/t24-,27-. The third-order valence-electron chi connectivity index (χ3n) is 7.12. The van der Waals surface area contributed by atoms with E-state index in [-0.39, 0.29) is 0 Å². The van der Waals surface area contributed by atoms with Crippen molar-refractivity contribution >= 4 is 0 Å². The van der Waals surface area contributed by atoms with Crippen LogP contribution in [0.25, 0.3) is 11.1 Å². The van der Waals surface area contributed by atoms with E-state index in [2.05, 4.69) is 56.4 Å². The highest BCUT2D eigenvalue weighted by Gasteiger charge is 2.22. The number of rotatable bonds is 12. The molecule has 1 aliphatic carbocycles. The lowest BCUT2D eigenvalue weighted by molar-refractivity contribution is 0.300. The minimum absolute atomic E-state index is 0.677. The minimum Gasteiger partial charge on any atom is -0.260 e. The highest BCUT2D eigenvalue weighted by molar-refractivity contribution is 5.62. The van der Waals surface area contributed by atoms with Crippen LogP contribution in [-0.2, 0) is 6.42 Å². The Morgan fingerprint density at radius 2 is 1.37 bits per heavy atom. The molecule has 0 atom stereocenters. The van der Waals surface area contributed by atoms with E-state index in [0.29, 0.717) is 5.92 Å². The van der Waals surface area contributed by atoms with Crippen molar-refractivity contribution in [3.63, 3.8) is 0 Å². The van der Waals surface area contributed by atoms with E-state index in [1.165, 1.54) is 112 Å². The van der Waals surface area contributed by atoms with E-state index in [9.17, 15) is 0 Å². The molecular formula is C29H43N. The highest BCUT2D eigenvalue weighted by Crippen LogP contribution is 2.37. The van der Waals surface area contributed by atoms with Gasteiger partial charge in [0.2, 0.25) is 0 Å². The number of unbranched alkanes of at least 4 members (excludes halogenated alkanes) is 6. The first-order valence-electron chi connectivity index (χ1n) is 12.9. The van der Waals surface area contributed by atoms with Gasteiger partial charge in [0, 0.05) is 23.4 Å². The van der Waals surface area contributed by atoms with E-state index in [0.717, 1.165) is 5.92 Å². The van der Waals surface area contributed by atoms with Gasteiger partial charge in [0.15, 0.2) is 0 Å². The van der Waals surface area contributed by atoms with Crippen LogP contribution in [0.15, 0.2) is 42.6 Å². The number of pyridine rings is 1. The van der Waals surface area contributed by atoms with Crippen LogP contribution in [0.2, 0.25) is 0 Å². The SMILES string of the molecule is CCCCCCCc1ccc(-c2ccc([C@H]3CC[C@H](CCCCC)CC3)nc2)cc1. The Hall–Kier alpha value is -1.63. The molecule has 0 saturated heterocycles. The molecule has 3 rings (SSSR count). The molecule has 0 aliphatic heterocycles. The van der Waals surface area contributed by atoms with Gasteiger partial charge in [-0.25, -0.2) is 0 Å². The van der Waals surface area contributed by atoms with E-state index in [4.69, 9.17) is 4.98 Å². The Balaban J connectivity index is 1.46. The smallest absolute Gasteiger partial charge is 0.0434 e. The van der Waals surface area contributed by atoms with Gasteiger partial charge in [-0.05, 0) is 61.6 Å². The Morgan fingerprint density at radius 3 is 2.03 bits per heavy atom. The van der Waals surface area contributed by atoms with Gasteiger partial charge in [0.05, 0.1) is 0 Å². The first-order valence-corrected chi connectivity index (χ1v) is 12.9. The lowest BCUT2D eigenvalue weighted by Crippen LogP contribution is -2.14. The van der Waals surface area contributed by atoms with Crippen molar-refractivity contribution in [2.45, 2.75) is 110 Å². The summed E-state index contributed by atoms with van der Waals surface area (Å²) in [6.45, 7) is 4.58. The zero-order valence-corrected chi connectivity index (χ0v) is 19.5. The maximum absolute atomic E-state index is 4.88. The minimum atomic E-state index is 0.677. The summed E-state index contributed by atoms with van der Waals surface area (Å²) < 4.78 is 0. The summed E-state index contributed by atoms with van der Waals surface area (Å²) in [6, 6.07) is 13.7.